The summed E-state index contributed by atoms with van der Waals surface area (Å²) < 4.78 is 24.1. The van der Waals surface area contributed by atoms with Crippen molar-refractivity contribution in [3.8, 4) is 11.5 Å². The highest BCUT2D eigenvalue weighted by molar-refractivity contribution is 7.10. The summed E-state index contributed by atoms with van der Waals surface area (Å²) in [6, 6.07) is 13.9. The van der Waals surface area contributed by atoms with E-state index in [4.69, 9.17) is 9.47 Å². The number of nitrogens with zero attached hydrogens (tertiary/aromatic N) is 1. The second-order valence-electron chi connectivity index (χ2n) is 7.10. The maximum atomic E-state index is 13.1. The first-order chi connectivity index (χ1) is 14.6. The van der Waals surface area contributed by atoms with Gasteiger partial charge in [0.05, 0.1) is 26.8 Å². The quantitative estimate of drug-likeness (QED) is 0.631. The number of hydrogen-bond donors (Lipinski definition) is 1. The molecule has 0 bridgehead atoms. The van der Waals surface area contributed by atoms with Gasteiger partial charge in [0, 0.05) is 17.1 Å². The standard InChI is InChI=1S/C23H23FN2O3S/c1-28-19-12-15-9-10-26(14-22(27)25-17-7-5-16(24)6-8-17)23(21-4-3-11-30-21)18(15)13-20(19)29-2/h3-8,11-13,23H,9-10,14H2,1-2H3,(H,25,27). The van der Waals surface area contributed by atoms with Crippen molar-refractivity contribution in [2.24, 2.45) is 0 Å². The van der Waals surface area contributed by atoms with Gasteiger partial charge >= 0.3 is 0 Å². The smallest absolute Gasteiger partial charge is 0.238 e. The molecule has 0 radical (unpaired) electrons. The number of hydrogen-bond acceptors (Lipinski definition) is 5. The Labute approximate surface area is 179 Å². The Morgan fingerprint density at radius 1 is 1.17 bits per heavy atom. The molecule has 0 saturated heterocycles. The molecule has 0 saturated carbocycles. The lowest BCUT2D eigenvalue weighted by atomic mass is 9.91. The average Bonchev–Trinajstić information content (AvgIpc) is 3.28. The number of benzene rings is 2. The van der Waals surface area contributed by atoms with Crippen LogP contribution in [0.5, 0.6) is 11.5 Å². The molecule has 0 aliphatic carbocycles. The lowest BCUT2D eigenvalue weighted by molar-refractivity contribution is -0.117. The second kappa shape index (κ2) is 8.85. The summed E-state index contributed by atoms with van der Waals surface area (Å²) in [5.41, 5.74) is 2.90. The van der Waals surface area contributed by atoms with Crippen LogP contribution < -0.4 is 14.8 Å². The normalized spacial score (nSPS) is 16.0. The number of carbonyl (C=O) groups excluding carboxylic acids is 1. The molecule has 2 heterocycles. The first-order valence-electron chi connectivity index (χ1n) is 9.66. The maximum Gasteiger partial charge on any atom is 0.238 e. The van der Waals surface area contributed by atoms with Gasteiger partial charge in [-0.3, -0.25) is 9.69 Å². The van der Waals surface area contributed by atoms with Crippen molar-refractivity contribution >= 4 is 22.9 Å². The van der Waals surface area contributed by atoms with Crippen LogP contribution in [-0.2, 0) is 11.2 Å². The first kappa shape index (κ1) is 20.4. The maximum absolute atomic E-state index is 13.1. The lowest BCUT2D eigenvalue weighted by Gasteiger charge is -2.37. The van der Waals surface area contributed by atoms with E-state index < -0.39 is 0 Å². The Bertz CT molecular complexity index is 1020. The van der Waals surface area contributed by atoms with E-state index >= 15 is 0 Å². The molecule has 4 rings (SSSR count). The molecule has 0 spiro atoms. The summed E-state index contributed by atoms with van der Waals surface area (Å²) in [7, 11) is 3.26. The van der Waals surface area contributed by atoms with Crippen molar-refractivity contribution in [1.29, 1.82) is 0 Å². The van der Waals surface area contributed by atoms with Gasteiger partial charge < -0.3 is 14.8 Å². The number of nitrogens with one attached hydrogen (secondary N) is 1. The summed E-state index contributed by atoms with van der Waals surface area (Å²) in [4.78, 5) is 16.1. The van der Waals surface area contributed by atoms with Gasteiger partial charge in [0.15, 0.2) is 11.5 Å². The molecule has 1 amide bonds. The zero-order valence-electron chi connectivity index (χ0n) is 16.9. The number of fused-ring (bicyclic) bond motifs is 1. The highest BCUT2D eigenvalue weighted by Gasteiger charge is 2.32. The van der Waals surface area contributed by atoms with Crippen LogP contribution in [0.4, 0.5) is 10.1 Å². The predicted octanol–water partition coefficient (Wildman–Crippen LogP) is 4.49. The SMILES string of the molecule is COc1cc2c(cc1OC)C(c1cccs1)N(CC(=O)Nc1ccc(F)cc1)CC2. The molecule has 1 N–H and O–H groups in total. The van der Waals surface area contributed by atoms with E-state index in [-0.39, 0.29) is 24.3 Å². The topological polar surface area (TPSA) is 50.8 Å². The third kappa shape index (κ3) is 4.17. The number of ether oxygens (including phenoxy) is 2. The van der Waals surface area contributed by atoms with E-state index in [0.29, 0.717) is 17.2 Å². The third-order valence-electron chi connectivity index (χ3n) is 5.26. The average molecular weight is 427 g/mol. The van der Waals surface area contributed by atoms with E-state index in [0.717, 1.165) is 23.4 Å². The number of carbonyl (C=O) groups is 1. The number of halogens is 1. The van der Waals surface area contributed by atoms with Crippen molar-refractivity contribution in [2.45, 2.75) is 12.5 Å². The number of thiophene rings is 1. The lowest BCUT2D eigenvalue weighted by Crippen LogP contribution is -2.40. The van der Waals surface area contributed by atoms with Crippen LogP contribution >= 0.6 is 11.3 Å². The molecule has 7 heteroatoms. The van der Waals surface area contributed by atoms with Crippen LogP contribution in [-0.4, -0.2) is 38.1 Å². The van der Waals surface area contributed by atoms with Gasteiger partial charge in [-0.05, 0) is 65.4 Å². The molecular weight excluding hydrogens is 403 g/mol. The Morgan fingerprint density at radius 3 is 2.57 bits per heavy atom. The minimum atomic E-state index is -0.331. The number of methoxy groups -OCH3 is 2. The van der Waals surface area contributed by atoms with Crippen LogP contribution in [0.15, 0.2) is 53.9 Å². The summed E-state index contributed by atoms with van der Waals surface area (Å²) in [6.07, 6.45) is 0.807. The molecule has 3 aromatic rings. The van der Waals surface area contributed by atoms with Gasteiger partial charge in [-0.15, -0.1) is 11.3 Å². The molecule has 0 fully saturated rings. The van der Waals surface area contributed by atoms with Crippen molar-refractivity contribution < 1.29 is 18.7 Å². The van der Waals surface area contributed by atoms with Crippen LogP contribution in [0.3, 0.4) is 0 Å². The van der Waals surface area contributed by atoms with E-state index in [1.807, 2.05) is 23.6 Å². The van der Waals surface area contributed by atoms with Crippen molar-refractivity contribution in [3.63, 3.8) is 0 Å². The fraction of sp³-hybridized carbons (Fsp3) is 0.261. The second-order valence-corrected chi connectivity index (χ2v) is 8.08. The van der Waals surface area contributed by atoms with Gasteiger partial charge in [-0.1, -0.05) is 6.07 Å². The molecule has 30 heavy (non-hydrogen) atoms. The largest absolute Gasteiger partial charge is 0.493 e. The predicted molar refractivity (Wildman–Crippen MR) is 116 cm³/mol. The highest BCUT2D eigenvalue weighted by Crippen LogP contribution is 2.42. The minimum Gasteiger partial charge on any atom is -0.493 e. The van der Waals surface area contributed by atoms with Gasteiger partial charge in [-0.25, -0.2) is 4.39 Å². The van der Waals surface area contributed by atoms with Gasteiger partial charge in [0.1, 0.15) is 5.82 Å². The molecule has 156 valence electrons. The fourth-order valence-corrected chi connectivity index (χ4v) is 4.74. The monoisotopic (exact) mass is 426 g/mol. The fourth-order valence-electron chi connectivity index (χ4n) is 3.87. The Hall–Kier alpha value is -2.90. The summed E-state index contributed by atoms with van der Waals surface area (Å²) >= 11 is 1.67. The van der Waals surface area contributed by atoms with E-state index in [2.05, 4.69) is 16.3 Å². The van der Waals surface area contributed by atoms with Gasteiger partial charge in [-0.2, -0.15) is 0 Å². The van der Waals surface area contributed by atoms with E-state index in [9.17, 15) is 9.18 Å². The molecule has 1 unspecified atom stereocenters. The molecule has 2 aromatic carbocycles. The minimum absolute atomic E-state index is 0.0486. The molecule has 5 nitrogen and oxygen atoms in total. The van der Waals surface area contributed by atoms with Crippen LogP contribution in [0, 0.1) is 5.82 Å². The van der Waals surface area contributed by atoms with Crippen LogP contribution in [0.2, 0.25) is 0 Å². The van der Waals surface area contributed by atoms with Crippen LogP contribution in [0.25, 0.3) is 0 Å². The summed E-state index contributed by atoms with van der Waals surface area (Å²) in [5.74, 6) is 0.925. The van der Waals surface area contributed by atoms with Crippen LogP contribution in [0.1, 0.15) is 22.0 Å². The summed E-state index contributed by atoms with van der Waals surface area (Å²) in [5, 5.41) is 4.90. The Kier molecular flexibility index (Phi) is 6.01. The van der Waals surface area contributed by atoms with E-state index in [1.54, 1.807) is 37.7 Å². The van der Waals surface area contributed by atoms with Gasteiger partial charge in [0.25, 0.3) is 0 Å². The van der Waals surface area contributed by atoms with E-state index in [1.165, 1.54) is 17.7 Å². The zero-order chi connectivity index (χ0) is 21.1. The molecule has 1 aliphatic rings. The number of rotatable bonds is 6. The molecular formula is C23H23FN2O3S. The molecule has 1 atom stereocenters. The zero-order valence-corrected chi connectivity index (χ0v) is 17.7. The van der Waals surface area contributed by atoms with Gasteiger partial charge in [0.2, 0.25) is 5.91 Å². The first-order valence-corrected chi connectivity index (χ1v) is 10.5. The summed E-state index contributed by atoms with van der Waals surface area (Å²) in [6.45, 7) is 0.968. The van der Waals surface area contributed by atoms with Crippen molar-refractivity contribution in [2.75, 3.05) is 32.6 Å². The molecule has 1 aromatic heterocycles. The van der Waals surface area contributed by atoms with Crippen molar-refractivity contribution in [1.82, 2.24) is 4.90 Å². The number of amides is 1. The van der Waals surface area contributed by atoms with Crippen molar-refractivity contribution in [3.05, 3.63) is 75.7 Å². The highest BCUT2D eigenvalue weighted by atomic mass is 32.1. The Balaban J connectivity index is 1.62. The Morgan fingerprint density at radius 2 is 1.90 bits per heavy atom. The molecule has 1 aliphatic heterocycles. The third-order valence-corrected chi connectivity index (χ3v) is 6.19. The number of anilines is 1.